The summed E-state index contributed by atoms with van der Waals surface area (Å²) in [6.07, 6.45) is -2.74. The van der Waals surface area contributed by atoms with Gasteiger partial charge in [-0.25, -0.2) is 4.98 Å². The van der Waals surface area contributed by atoms with Gasteiger partial charge in [0.2, 0.25) is 0 Å². The van der Waals surface area contributed by atoms with E-state index in [-0.39, 0.29) is 13.0 Å². The number of aliphatic hydroxyl groups is 1. The van der Waals surface area contributed by atoms with E-state index in [1.54, 1.807) is 0 Å². The van der Waals surface area contributed by atoms with Gasteiger partial charge in [0.25, 0.3) is 0 Å². The van der Waals surface area contributed by atoms with Crippen molar-refractivity contribution in [1.82, 2.24) is 15.2 Å². The number of rotatable bonds is 3. The fourth-order valence-electron chi connectivity index (χ4n) is 1.52. The summed E-state index contributed by atoms with van der Waals surface area (Å²) >= 11 is 0. The number of alkyl halides is 3. The van der Waals surface area contributed by atoms with Gasteiger partial charge in [0.05, 0.1) is 24.1 Å². The summed E-state index contributed by atoms with van der Waals surface area (Å²) in [5.41, 5.74) is 0.225. The van der Waals surface area contributed by atoms with Crippen molar-refractivity contribution in [3.63, 3.8) is 0 Å². The molecule has 0 saturated heterocycles. The lowest BCUT2D eigenvalue weighted by Crippen LogP contribution is -2.04. The third-order valence-corrected chi connectivity index (χ3v) is 2.45. The maximum Gasteiger partial charge on any atom is 0.416 e. The van der Waals surface area contributed by atoms with Crippen LogP contribution in [0.4, 0.5) is 13.2 Å². The Morgan fingerprint density at radius 3 is 2.37 bits per heavy atom. The largest absolute Gasteiger partial charge is 0.416 e. The van der Waals surface area contributed by atoms with Crippen molar-refractivity contribution in [2.45, 2.75) is 12.6 Å². The highest BCUT2D eigenvalue weighted by Gasteiger charge is 2.30. The SMILES string of the molecule is OCCc1nncc(-c2ccc(C(F)(F)F)cc2)n1. The first-order valence-electron chi connectivity index (χ1n) is 5.48. The molecule has 0 fully saturated rings. The van der Waals surface area contributed by atoms with E-state index in [0.29, 0.717) is 17.1 Å². The normalized spacial score (nSPS) is 11.6. The maximum atomic E-state index is 12.4. The second-order valence-corrected chi connectivity index (χ2v) is 3.81. The zero-order valence-corrected chi connectivity index (χ0v) is 9.72. The van der Waals surface area contributed by atoms with Crippen LogP contribution in [-0.4, -0.2) is 26.9 Å². The molecule has 1 aromatic carbocycles. The van der Waals surface area contributed by atoms with Gasteiger partial charge in [-0.05, 0) is 12.1 Å². The Bertz CT molecular complexity index is 555. The lowest BCUT2D eigenvalue weighted by atomic mass is 10.1. The van der Waals surface area contributed by atoms with Crippen molar-refractivity contribution in [2.75, 3.05) is 6.61 Å². The van der Waals surface area contributed by atoms with Crippen LogP contribution in [0.2, 0.25) is 0 Å². The Morgan fingerprint density at radius 1 is 1.11 bits per heavy atom. The molecule has 0 bridgehead atoms. The standard InChI is InChI=1S/C12H10F3N3O/c13-12(14,15)9-3-1-8(2-4-9)10-7-16-18-11(17-10)5-6-19/h1-4,7,19H,5-6H2. The minimum absolute atomic E-state index is 0.113. The van der Waals surface area contributed by atoms with Crippen molar-refractivity contribution in [2.24, 2.45) is 0 Å². The van der Waals surface area contributed by atoms with Gasteiger partial charge in [-0.2, -0.15) is 18.3 Å². The Balaban J connectivity index is 2.29. The van der Waals surface area contributed by atoms with Crippen LogP contribution in [0, 0.1) is 0 Å². The van der Waals surface area contributed by atoms with E-state index in [1.165, 1.54) is 18.3 Å². The second kappa shape index (κ2) is 5.31. The van der Waals surface area contributed by atoms with Gasteiger partial charge >= 0.3 is 6.18 Å². The fourth-order valence-corrected chi connectivity index (χ4v) is 1.52. The van der Waals surface area contributed by atoms with Crippen LogP contribution in [0.15, 0.2) is 30.5 Å². The monoisotopic (exact) mass is 269 g/mol. The second-order valence-electron chi connectivity index (χ2n) is 3.81. The first-order chi connectivity index (χ1) is 9.00. The molecule has 0 unspecified atom stereocenters. The van der Waals surface area contributed by atoms with Crippen LogP contribution >= 0.6 is 0 Å². The summed E-state index contributed by atoms with van der Waals surface area (Å²) in [5.74, 6) is 0.347. The topological polar surface area (TPSA) is 58.9 Å². The predicted octanol–water partition coefficient (Wildman–Crippen LogP) is 2.09. The van der Waals surface area contributed by atoms with Crippen LogP contribution in [0.5, 0.6) is 0 Å². The molecule has 1 aromatic heterocycles. The van der Waals surface area contributed by atoms with Gasteiger partial charge in [-0.1, -0.05) is 12.1 Å². The molecular weight excluding hydrogens is 259 g/mol. The predicted molar refractivity (Wildman–Crippen MR) is 61.1 cm³/mol. The van der Waals surface area contributed by atoms with E-state index < -0.39 is 11.7 Å². The molecular formula is C12H10F3N3O. The fraction of sp³-hybridized carbons (Fsp3) is 0.250. The lowest BCUT2D eigenvalue weighted by Gasteiger charge is -2.07. The van der Waals surface area contributed by atoms with E-state index in [9.17, 15) is 13.2 Å². The Morgan fingerprint density at radius 2 is 1.79 bits per heavy atom. The van der Waals surface area contributed by atoms with Crippen LogP contribution in [-0.2, 0) is 12.6 Å². The third kappa shape index (κ3) is 3.25. The van der Waals surface area contributed by atoms with Crippen molar-refractivity contribution < 1.29 is 18.3 Å². The summed E-state index contributed by atoms with van der Waals surface area (Å²) in [6.45, 7) is -0.113. The molecule has 0 aliphatic carbocycles. The molecule has 0 saturated carbocycles. The smallest absolute Gasteiger partial charge is 0.396 e. The van der Waals surface area contributed by atoms with Crippen LogP contribution in [0.25, 0.3) is 11.3 Å². The molecule has 19 heavy (non-hydrogen) atoms. The summed E-state index contributed by atoms with van der Waals surface area (Å²) < 4.78 is 37.3. The van der Waals surface area contributed by atoms with Crippen LogP contribution < -0.4 is 0 Å². The maximum absolute atomic E-state index is 12.4. The molecule has 0 radical (unpaired) electrons. The number of aromatic nitrogens is 3. The average molecular weight is 269 g/mol. The Labute approximate surface area is 107 Å². The van der Waals surface area contributed by atoms with E-state index in [1.807, 2.05) is 0 Å². The highest BCUT2D eigenvalue weighted by atomic mass is 19.4. The van der Waals surface area contributed by atoms with Crippen molar-refractivity contribution in [3.05, 3.63) is 41.9 Å². The summed E-state index contributed by atoms with van der Waals surface area (Å²) in [6, 6.07) is 4.64. The van der Waals surface area contributed by atoms with Crippen LogP contribution in [0.1, 0.15) is 11.4 Å². The van der Waals surface area contributed by atoms with Gasteiger partial charge in [0.15, 0.2) is 5.82 Å². The number of aliphatic hydroxyl groups excluding tert-OH is 1. The van der Waals surface area contributed by atoms with E-state index in [4.69, 9.17) is 5.11 Å². The highest BCUT2D eigenvalue weighted by Crippen LogP contribution is 2.30. The summed E-state index contributed by atoms with van der Waals surface area (Å²) in [7, 11) is 0. The van der Waals surface area contributed by atoms with Crippen molar-refractivity contribution in [3.8, 4) is 11.3 Å². The molecule has 2 aromatic rings. The van der Waals surface area contributed by atoms with Gasteiger partial charge in [0, 0.05) is 12.0 Å². The van der Waals surface area contributed by atoms with Gasteiger partial charge in [-0.3, -0.25) is 0 Å². The zero-order chi connectivity index (χ0) is 13.9. The highest BCUT2D eigenvalue weighted by molar-refractivity contribution is 5.58. The first kappa shape index (κ1) is 13.4. The molecule has 0 atom stereocenters. The molecule has 1 heterocycles. The first-order valence-corrected chi connectivity index (χ1v) is 5.48. The minimum Gasteiger partial charge on any atom is -0.396 e. The van der Waals surface area contributed by atoms with Crippen LogP contribution in [0.3, 0.4) is 0 Å². The number of halogens is 3. The molecule has 1 N–H and O–H groups in total. The Hall–Kier alpha value is -2.02. The molecule has 0 aliphatic rings. The number of benzene rings is 1. The Kier molecular flexibility index (Phi) is 3.75. The van der Waals surface area contributed by atoms with Gasteiger partial charge in [-0.15, -0.1) is 5.10 Å². The van der Waals surface area contributed by atoms with E-state index >= 15 is 0 Å². The third-order valence-electron chi connectivity index (χ3n) is 2.45. The van der Waals surface area contributed by atoms with Gasteiger partial charge < -0.3 is 5.11 Å². The molecule has 0 amide bonds. The van der Waals surface area contributed by atoms with Crippen molar-refractivity contribution >= 4 is 0 Å². The molecule has 0 spiro atoms. The molecule has 4 nitrogen and oxygen atoms in total. The summed E-state index contributed by atoms with van der Waals surface area (Å²) in [4.78, 5) is 4.11. The molecule has 0 aliphatic heterocycles. The molecule has 2 rings (SSSR count). The number of hydrogen-bond acceptors (Lipinski definition) is 4. The summed E-state index contributed by atoms with van der Waals surface area (Å²) in [5, 5.41) is 16.2. The van der Waals surface area contributed by atoms with Crippen molar-refractivity contribution in [1.29, 1.82) is 0 Å². The number of nitrogens with zero attached hydrogens (tertiary/aromatic N) is 3. The lowest BCUT2D eigenvalue weighted by molar-refractivity contribution is -0.137. The van der Waals surface area contributed by atoms with E-state index in [2.05, 4.69) is 15.2 Å². The van der Waals surface area contributed by atoms with E-state index in [0.717, 1.165) is 12.1 Å². The molecule has 100 valence electrons. The minimum atomic E-state index is -4.36. The molecule has 7 heteroatoms. The average Bonchev–Trinajstić information content (AvgIpc) is 2.39. The number of hydrogen-bond donors (Lipinski definition) is 1. The quantitative estimate of drug-likeness (QED) is 0.927. The zero-order valence-electron chi connectivity index (χ0n) is 9.72. The van der Waals surface area contributed by atoms with Gasteiger partial charge in [0.1, 0.15) is 0 Å².